The molecule has 15 heteroatoms. The van der Waals surface area contributed by atoms with Gasteiger partial charge in [0, 0.05) is 0 Å². The highest BCUT2D eigenvalue weighted by molar-refractivity contribution is 7.59. The van der Waals surface area contributed by atoms with Crippen molar-refractivity contribution in [2.24, 2.45) is 0 Å². The van der Waals surface area contributed by atoms with Crippen LogP contribution in [0.5, 0.6) is 0 Å². The lowest BCUT2D eigenvalue weighted by molar-refractivity contribution is -0.153. The lowest BCUT2D eigenvalue weighted by Crippen LogP contribution is -2.49. The molecule has 202 valence electrons. The Morgan fingerprint density at radius 2 is 1.86 bits per heavy atom. The molecule has 3 aromatic rings. The fourth-order valence-corrected chi connectivity index (χ4v) is 5.88. The minimum Gasteiger partial charge on any atom is -0.480 e. The summed E-state index contributed by atoms with van der Waals surface area (Å²) in [5.41, 5.74) is 5.32. The number of carboxylic acids is 1. The Bertz CT molecular complexity index is 1300. The second-order valence-corrected chi connectivity index (χ2v) is 11.4. The molecule has 1 aromatic carbocycles. The molecule has 5 N–H and O–H groups in total. The number of nitrogen functional groups attached to an aromatic ring is 1. The largest absolute Gasteiger partial charge is 0.480 e. The van der Waals surface area contributed by atoms with Gasteiger partial charge >= 0.3 is 12.1 Å². The Morgan fingerprint density at radius 3 is 2.46 bits per heavy atom. The molecule has 37 heavy (non-hydrogen) atoms. The van der Waals surface area contributed by atoms with Gasteiger partial charge in [0.1, 0.15) is 29.8 Å². The predicted molar refractivity (Wildman–Crippen MR) is 131 cm³/mol. The number of aliphatic carboxylic acids is 1. The van der Waals surface area contributed by atoms with Crippen LogP contribution in [0.2, 0.25) is 0 Å². The number of fused-ring (bicyclic) bond motifs is 1. The van der Waals surface area contributed by atoms with Crippen LogP contribution in [0, 0.1) is 6.92 Å². The average molecular weight is 543 g/mol. The summed E-state index contributed by atoms with van der Waals surface area (Å²) < 4.78 is 63.3. The summed E-state index contributed by atoms with van der Waals surface area (Å²) in [5.74, 6) is -1.22. The summed E-state index contributed by atoms with van der Waals surface area (Å²) in [5, 5.41) is 14.0. The van der Waals surface area contributed by atoms with Gasteiger partial charge in [-0.1, -0.05) is 29.8 Å². The number of nitrogens with one attached hydrogen (secondary N) is 2. The van der Waals surface area contributed by atoms with E-state index in [1.807, 2.05) is 0 Å². The number of aromatic nitrogens is 4. The summed E-state index contributed by atoms with van der Waals surface area (Å²) >= 11 is 0. The summed E-state index contributed by atoms with van der Waals surface area (Å²) in [6.45, 7) is 5.88. The molecular weight excluding hydrogens is 514 g/mol. The van der Waals surface area contributed by atoms with Crippen molar-refractivity contribution in [3.63, 3.8) is 0 Å². The molecule has 0 bridgehead atoms. The lowest BCUT2D eigenvalue weighted by Gasteiger charge is -2.33. The van der Waals surface area contributed by atoms with E-state index < -0.39 is 43.6 Å². The number of aryl methyl sites for hydroxylation is 1. The molecule has 2 aromatic heterocycles. The monoisotopic (exact) mass is 543 g/mol. The second kappa shape index (κ2) is 10.7. The maximum absolute atomic E-state index is 14.1. The number of hydrogen-bond acceptors (Lipinski definition) is 7. The van der Waals surface area contributed by atoms with Crippen LogP contribution in [0.25, 0.3) is 11.2 Å². The van der Waals surface area contributed by atoms with E-state index in [0.717, 1.165) is 5.56 Å². The molecule has 3 atom stereocenters. The number of benzene rings is 1. The van der Waals surface area contributed by atoms with Crippen LogP contribution < -0.4 is 15.9 Å². The van der Waals surface area contributed by atoms with Crippen LogP contribution in [-0.4, -0.2) is 54.8 Å². The Morgan fingerprint density at radius 1 is 1.22 bits per heavy atom. The van der Waals surface area contributed by atoms with Crippen molar-refractivity contribution in [3.05, 3.63) is 48.0 Å². The van der Waals surface area contributed by atoms with Crippen LogP contribution in [0.1, 0.15) is 37.9 Å². The highest BCUT2D eigenvalue weighted by Crippen LogP contribution is 2.46. The summed E-state index contributed by atoms with van der Waals surface area (Å²) in [6, 6.07) is 3.20. The van der Waals surface area contributed by atoms with Crippen molar-refractivity contribution < 1.29 is 32.4 Å². The van der Waals surface area contributed by atoms with Crippen molar-refractivity contribution in [2.75, 3.05) is 12.1 Å². The molecule has 0 saturated heterocycles. The number of nitrogens with zero attached hydrogens (tertiary/aromatic N) is 4. The molecule has 0 aliphatic carbocycles. The zero-order valence-electron chi connectivity index (χ0n) is 20.7. The molecule has 0 radical (unpaired) electrons. The third kappa shape index (κ3) is 7.04. The van der Waals surface area contributed by atoms with Gasteiger partial charge in [-0.2, -0.15) is 13.2 Å². The first kappa shape index (κ1) is 28.5. The molecule has 1 unspecified atom stereocenters. The molecule has 0 amide bonds. The Kier molecular flexibility index (Phi) is 8.27. The van der Waals surface area contributed by atoms with Crippen molar-refractivity contribution in [1.29, 1.82) is 0 Å². The molecule has 0 aliphatic rings. The molecular formula is C22H29F3N7O4P. The van der Waals surface area contributed by atoms with Gasteiger partial charge in [0.05, 0.1) is 19.0 Å². The van der Waals surface area contributed by atoms with Gasteiger partial charge < -0.3 is 20.1 Å². The van der Waals surface area contributed by atoms with Crippen LogP contribution in [0.15, 0.2) is 36.9 Å². The lowest BCUT2D eigenvalue weighted by atomic mass is 10.1. The van der Waals surface area contributed by atoms with Crippen LogP contribution in [-0.2, 0) is 20.6 Å². The van der Waals surface area contributed by atoms with E-state index in [-0.39, 0.29) is 17.9 Å². The van der Waals surface area contributed by atoms with E-state index in [9.17, 15) is 27.6 Å². The quantitative estimate of drug-likeness (QED) is 0.263. The van der Waals surface area contributed by atoms with Gasteiger partial charge in [0.2, 0.25) is 7.44 Å². The minimum atomic E-state index is -4.83. The molecule has 0 spiro atoms. The van der Waals surface area contributed by atoms with E-state index in [4.69, 9.17) is 10.5 Å². The smallest absolute Gasteiger partial charge is 0.408 e. The van der Waals surface area contributed by atoms with Gasteiger partial charge in [0.15, 0.2) is 11.5 Å². The van der Waals surface area contributed by atoms with E-state index in [1.54, 1.807) is 18.4 Å². The number of rotatable bonds is 11. The van der Waals surface area contributed by atoms with Gasteiger partial charge in [-0.15, -0.1) is 0 Å². The predicted octanol–water partition coefficient (Wildman–Crippen LogP) is 3.62. The van der Waals surface area contributed by atoms with Crippen LogP contribution in [0.4, 0.5) is 19.0 Å². The maximum atomic E-state index is 14.1. The van der Waals surface area contributed by atoms with Crippen molar-refractivity contribution in [1.82, 2.24) is 29.7 Å². The van der Waals surface area contributed by atoms with Gasteiger partial charge in [-0.05, 0) is 33.3 Å². The average Bonchev–Trinajstić information content (AvgIpc) is 3.20. The highest BCUT2D eigenvalue weighted by Gasteiger charge is 2.46. The fraction of sp³-hybridized carbons (Fsp3) is 0.455. The maximum Gasteiger partial charge on any atom is 0.408 e. The standard InChI is InChI=1S/C22H29F3N7O4P/c1-13-5-7-15(8-6-13)17(22(23,24)25)30-37(35,31-21(3,4)20(33)34)12-36-14(2)9-32-11-29-16-18(26)27-10-28-19(16)32/h5-8,10-11,14,17H,9,12H2,1-4H3,(H,33,34)(H2,26,27,28)(H2,30,31,35)/t14-,17-,37?/m1/s1. The molecule has 2 heterocycles. The zero-order chi connectivity index (χ0) is 27.6. The number of imidazole rings is 1. The molecule has 0 aliphatic heterocycles. The zero-order valence-corrected chi connectivity index (χ0v) is 21.5. The van der Waals surface area contributed by atoms with E-state index >= 15 is 0 Å². The summed E-state index contributed by atoms with van der Waals surface area (Å²) in [7, 11) is -4.32. The first-order valence-electron chi connectivity index (χ1n) is 11.2. The van der Waals surface area contributed by atoms with Gasteiger partial charge in [-0.25, -0.2) is 25.1 Å². The minimum absolute atomic E-state index is 0.149. The molecule has 11 nitrogen and oxygen atoms in total. The Labute approximate surface area is 211 Å². The third-order valence-corrected chi connectivity index (χ3v) is 7.60. The fourth-order valence-electron chi connectivity index (χ4n) is 3.50. The Balaban J connectivity index is 1.85. The number of hydrogen-bond donors (Lipinski definition) is 4. The number of alkyl halides is 3. The number of carbonyl (C=O) groups is 1. The first-order chi connectivity index (χ1) is 17.1. The van der Waals surface area contributed by atoms with Crippen molar-refractivity contribution in [2.45, 2.75) is 58.1 Å². The number of nitrogens with two attached hydrogens (primary N) is 1. The normalized spacial score (nSPS) is 15.9. The van der Waals surface area contributed by atoms with E-state index in [1.165, 1.54) is 50.8 Å². The first-order valence-corrected chi connectivity index (χ1v) is 13.1. The third-order valence-electron chi connectivity index (χ3n) is 5.49. The van der Waals surface area contributed by atoms with Gasteiger partial charge in [0.25, 0.3) is 0 Å². The topological polar surface area (TPSA) is 157 Å². The molecule has 0 fully saturated rings. The SMILES string of the molecule is Cc1ccc([C@@H](NP(=O)(CO[C@H](C)Cn2cnc3c(N)ncnc32)NC(C)(C)C(=O)O)C(F)(F)F)cc1. The van der Waals surface area contributed by atoms with Gasteiger partial charge in [-0.3, -0.25) is 9.36 Å². The number of carboxylic acid groups (broad SMARTS) is 1. The summed E-state index contributed by atoms with van der Waals surface area (Å²) in [4.78, 5) is 23.8. The number of ether oxygens (including phenoxy) is 1. The number of anilines is 1. The van der Waals surface area contributed by atoms with Crippen molar-refractivity contribution in [3.8, 4) is 0 Å². The van der Waals surface area contributed by atoms with Crippen LogP contribution in [0.3, 0.4) is 0 Å². The Hall–Kier alpha value is -3.06. The molecule has 0 saturated carbocycles. The van der Waals surface area contributed by atoms with Crippen LogP contribution >= 0.6 is 7.44 Å². The van der Waals surface area contributed by atoms with E-state index in [2.05, 4.69) is 25.1 Å². The van der Waals surface area contributed by atoms with E-state index in [0.29, 0.717) is 11.2 Å². The second-order valence-electron chi connectivity index (χ2n) is 9.23. The van der Waals surface area contributed by atoms with Crippen molar-refractivity contribution >= 4 is 30.4 Å². The highest BCUT2D eigenvalue weighted by atomic mass is 31.2. The summed E-state index contributed by atoms with van der Waals surface area (Å²) in [6.07, 6.45) is -3.52. The number of halogens is 3. The molecule has 3 rings (SSSR count).